The van der Waals surface area contributed by atoms with Gasteiger partial charge in [0, 0.05) is 17.0 Å². The number of halogens is 1. The fraction of sp³-hybridized carbons (Fsp3) is 0.318. The van der Waals surface area contributed by atoms with Gasteiger partial charge >= 0.3 is 0 Å². The molecule has 0 atom stereocenters. The molecule has 0 aliphatic heterocycles. The highest BCUT2D eigenvalue weighted by Crippen LogP contribution is 2.26. The van der Waals surface area contributed by atoms with Gasteiger partial charge in [-0.05, 0) is 54.7 Å². The Bertz CT molecular complexity index is 794. The molecule has 0 radical (unpaired) electrons. The first-order valence-corrected chi connectivity index (χ1v) is 8.52. The molecule has 24 heavy (non-hydrogen) atoms. The van der Waals surface area contributed by atoms with Crippen molar-refractivity contribution in [2.75, 3.05) is 0 Å². The molecule has 0 unspecified atom stereocenters. The van der Waals surface area contributed by atoms with E-state index in [1.165, 1.54) is 0 Å². The predicted molar refractivity (Wildman–Crippen MR) is 102 cm³/mol. The van der Waals surface area contributed by atoms with Crippen LogP contribution in [0.4, 0.5) is 0 Å². The molecule has 0 saturated heterocycles. The Kier molecular flexibility index (Phi) is 5.52. The second-order valence-corrected chi connectivity index (χ2v) is 7.37. The normalized spacial score (nSPS) is 11.4. The number of ketones is 1. The van der Waals surface area contributed by atoms with Crippen molar-refractivity contribution in [2.24, 2.45) is 0 Å². The van der Waals surface area contributed by atoms with Crippen molar-refractivity contribution in [1.29, 1.82) is 0 Å². The van der Waals surface area contributed by atoms with Crippen molar-refractivity contribution in [3.05, 3.63) is 69.7 Å². The molecule has 0 N–H and O–H groups in total. The molecule has 0 heterocycles. The van der Waals surface area contributed by atoms with Crippen LogP contribution in [0.1, 0.15) is 60.7 Å². The first kappa shape index (κ1) is 18.3. The number of terminal acetylenes is 1. The molecule has 0 aliphatic rings. The highest BCUT2D eigenvalue weighted by molar-refractivity contribution is 6.31. The third-order valence-corrected chi connectivity index (χ3v) is 4.66. The third-order valence-electron chi connectivity index (χ3n) is 4.31. The fourth-order valence-corrected chi connectivity index (χ4v) is 2.94. The Hall–Kier alpha value is -2.04. The third kappa shape index (κ3) is 4.08. The quantitative estimate of drug-likeness (QED) is 0.497. The Morgan fingerprint density at radius 3 is 2.54 bits per heavy atom. The van der Waals surface area contributed by atoms with Gasteiger partial charge in [0.2, 0.25) is 0 Å². The van der Waals surface area contributed by atoms with Gasteiger partial charge < -0.3 is 0 Å². The van der Waals surface area contributed by atoms with Gasteiger partial charge in [-0.15, -0.1) is 6.42 Å². The molecule has 0 spiro atoms. The van der Waals surface area contributed by atoms with Crippen LogP contribution >= 0.6 is 11.6 Å². The SMILES string of the molecule is C#CC(C)(C)c1cccc(CC(=O)c2ccc(Cl)c(C(C)C)c2)c1. The Morgan fingerprint density at radius 1 is 1.21 bits per heavy atom. The van der Waals surface area contributed by atoms with Gasteiger partial charge in [-0.1, -0.05) is 55.6 Å². The smallest absolute Gasteiger partial charge is 0.167 e. The van der Waals surface area contributed by atoms with Gasteiger partial charge in [-0.3, -0.25) is 4.79 Å². The van der Waals surface area contributed by atoms with Crippen LogP contribution < -0.4 is 0 Å². The minimum atomic E-state index is -0.343. The summed E-state index contributed by atoms with van der Waals surface area (Å²) in [5.74, 6) is 3.17. The van der Waals surface area contributed by atoms with E-state index in [9.17, 15) is 4.79 Å². The lowest BCUT2D eigenvalue weighted by Crippen LogP contribution is -2.14. The second kappa shape index (κ2) is 7.24. The Labute approximate surface area is 150 Å². The van der Waals surface area contributed by atoms with Crippen LogP contribution in [-0.2, 0) is 11.8 Å². The molecular weight excluding hydrogens is 316 g/mol. The first-order chi connectivity index (χ1) is 11.2. The lowest BCUT2D eigenvalue weighted by molar-refractivity contribution is 0.0993. The van der Waals surface area contributed by atoms with Crippen LogP contribution in [0.15, 0.2) is 42.5 Å². The average Bonchev–Trinajstić information content (AvgIpc) is 2.55. The number of carbonyl (C=O) groups is 1. The van der Waals surface area contributed by atoms with Crippen molar-refractivity contribution in [2.45, 2.75) is 45.4 Å². The number of hydrogen-bond donors (Lipinski definition) is 0. The van der Waals surface area contributed by atoms with E-state index < -0.39 is 0 Å². The van der Waals surface area contributed by atoms with Gasteiger partial charge in [0.1, 0.15) is 0 Å². The lowest BCUT2D eigenvalue weighted by Gasteiger charge is -2.18. The average molecular weight is 339 g/mol. The van der Waals surface area contributed by atoms with Gasteiger partial charge in [0.15, 0.2) is 5.78 Å². The van der Waals surface area contributed by atoms with Crippen molar-refractivity contribution in [3.63, 3.8) is 0 Å². The van der Waals surface area contributed by atoms with E-state index >= 15 is 0 Å². The van der Waals surface area contributed by atoms with Gasteiger partial charge in [-0.25, -0.2) is 0 Å². The van der Waals surface area contributed by atoms with Crippen LogP contribution in [0, 0.1) is 12.3 Å². The van der Waals surface area contributed by atoms with E-state index in [0.717, 1.165) is 16.7 Å². The highest BCUT2D eigenvalue weighted by atomic mass is 35.5. The summed E-state index contributed by atoms with van der Waals surface area (Å²) >= 11 is 6.21. The van der Waals surface area contributed by atoms with Crippen LogP contribution in [0.3, 0.4) is 0 Å². The molecule has 0 aliphatic carbocycles. The molecule has 2 aromatic rings. The van der Waals surface area contributed by atoms with E-state index in [2.05, 4.69) is 19.8 Å². The van der Waals surface area contributed by atoms with Crippen molar-refractivity contribution < 1.29 is 4.79 Å². The number of hydrogen-bond acceptors (Lipinski definition) is 1. The zero-order chi connectivity index (χ0) is 17.9. The molecule has 0 bridgehead atoms. The minimum Gasteiger partial charge on any atom is -0.294 e. The van der Waals surface area contributed by atoms with Crippen LogP contribution in [0.2, 0.25) is 5.02 Å². The van der Waals surface area contributed by atoms with E-state index in [1.807, 2.05) is 50.2 Å². The summed E-state index contributed by atoms with van der Waals surface area (Å²) in [6, 6.07) is 13.5. The monoisotopic (exact) mass is 338 g/mol. The zero-order valence-electron chi connectivity index (χ0n) is 14.7. The van der Waals surface area contributed by atoms with Crippen molar-refractivity contribution in [3.8, 4) is 12.3 Å². The van der Waals surface area contributed by atoms with E-state index in [0.29, 0.717) is 17.0 Å². The second-order valence-electron chi connectivity index (χ2n) is 6.96. The summed E-state index contributed by atoms with van der Waals surface area (Å²) in [6.45, 7) is 8.14. The summed E-state index contributed by atoms with van der Waals surface area (Å²) in [5, 5.41) is 0.708. The summed E-state index contributed by atoms with van der Waals surface area (Å²) in [5.41, 5.74) is 3.38. The number of carbonyl (C=O) groups excluding carboxylic acids is 1. The molecule has 124 valence electrons. The van der Waals surface area contributed by atoms with Crippen molar-refractivity contribution in [1.82, 2.24) is 0 Å². The lowest BCUT2D eigenvalue weighted by atomic mass is 9.84. The standard InChI is InChI=1S/C22H23ClO/c1-6-22(4,5)18-9-7-8-16(12-18)13-21(24)17-10-11-20(23)19(14-17)15(2)3/h1,7-12,14-15H,13H2,2-5H3. The first-order valence-electron chi connectivity index (χ1n) is 8.14. The van der Waals surface area contributed by atoms with Crippen LogP contribution in [0.5, 0.6) is 0 Å². The number of Topliss-reactive ketones (excluding diaryl/α,β-unsaturated/α-hetero) is 1. The summed E-state index contributed by atoms with van der Waals surface area (Å²) < 4.78 is 0. The Balaban J connectivity index is 2.26. The molecule has 0 saturated carbocycles. The van der Waals surface area contributed by atoms with Crippen molar-refractivity contribution >= 4 is 17.4 Å². The van der Waals surface area contributed by atoms with Gasteiger partial charge in [0.05, 0.1) is 5.41 Å². The molecule has 1 nitrogen and oxygen atoms in total. The summed E-state index contributed by atoms with van der Waals surface area (Å²) in [6.07, 6.45) is 5.97. The van der Waals surface area contributed by atoms with E-state index in [4.69, 9.17) is 18.0 Å². The van der Waals surface area contributed by atoms with Crippen LogP contribution in [0.25, 0.3) is 0 Å². The molecular formula is C22H23ClO. The molecule has 2 aromatic carbocycles. The highest BCUT2D eigenvalue weighted by Gasteiger charge is 2.18. The fourth-order valence-electron chi connectivity index (χ4n) is 2.60. The molecule has 0 aromatic heterocycles. The maximum absolute atomic E-state index is 12.6. The van der Waals surface area contributed by atoms with Gasteiger partial charge in [-0.2, -0.15) is 0 Å². The number of benzene rings is 2. The molecule has 0 fully saturated rings. The maximum Gasteiger partial charge on any atom is 0.167 e. The maximum atomic E-state index is 12.6. The molecule has 2 heteroatoms. The van der Waals surface area contributed by atoms with Gasteiger partial charge in [0.25, 0.3) is 0 Å². The van der Waals surface area contributed by atoms with E-state index in [1.54, 1.807) is 6.07 Å². The Morgan fingerprint density at radius 2 is 1.92 bits per heavy atom. The summed E-state index contributed by atoms with van der Waals surface area (Å²) in [7, 11) is 0. The summed E-state index contributed by atoms with van der Waals surface area (Å²) in [4.78, 5) is 12.6. The molecule has 2 rings (SSSR count). The largest absolute Gasteiger partial charge is 0.294 e. The van der Waals surface area contributed by atoms with Crippen LogP contribution in [-0.4, -0.2) is 5.78 Å². The predicted octanol–water partition coefficient (Wildman–Crippen LogP) is 5.80. The number of rotatable bonds is 5. The van der Waals surface area contributed by atoms with E-state index in [-0.39, 0.29) is 17.1 Å². The minimum absolute atomic E-state index is 0.0873. The molecule has 0 amide bonds. The zero-order valence-corrected chi connectivity index (χ0v) is 15.4. The topological polar surface area (TPSA) is 17.1 Å².